The molecule has 2 heterocycles. The highest BCUT2D eigenvalue weighted by Gasteiger charge is 2.20. The molecule has 0 radical (unpaired) electrons. The lowest BCUT2D eigenvalue weighted by Crippen LogP contribution is -2.07. The van der Waals surface area contributed by atoms with Crippen molar-refractivity contribution >= 4 is 45.0 Å². The van der Waals surface area contributed by atoms with Crippen LogP contribution in [0.1, 0.15) is 70.5 Å². The zero-order valence-electron chi connectivity index (χ0n) is 32.6. The summed E-state index contributed by atoms with van der Waals surface area (Å²) >= 11 is 0. The lowest BCUT2D eigenvalue weighted by molar-refractivity contribution is 0.988. The third kappa shape index (κ3) is 7.74. The number of nitrogens with zero attached hydrogens (tertiary/aromatic N) is 2. The highest BCUT2D eigenvalue weighted by Crippen LogP contribution is 2.37. The molecule has 0 aliphatic heterocycles. The van der Waals surface area contributed by atoms with Crippen LogP contribution in [0.15, 0.2) is 170 Å². The number of aryl methyl sites for hydroxylation is 2. The van der Waals surface area contributed by atoms with Gasteiger partial charge in [-0.1, -0.05) is 153 Å². The minimum Gasteiger partial charge on any atom is -0.247 e. The van der Waals surface area contributed by atoms with Gasteiger partial charge < -0.3 is 0 Å². The summed E-state index contributed by atoms with van der Waals surface area (Å²) in [5, 5.41) is 3.39. The first-order valence-corrected chi connectivity index (χ1v) is 19.9. The van der Waals surface area contributed by atoms with Gasteiger partial charge in [0.05, 0.1) is 22.6 Å². The van der Waals surface area contributed by atoms with Crippen molar-refractivity contribution in [2.75, 3.05) is 0 Å². The predicted octanol–water partition coefficient (Wildman–Crippen LogP) is 14.2. The summed E-state index contributed by atoms with van der Waals surface area (Å²) < 4.78 is 0. The van der Waals surface area contributed by atoms with Crippen LogP contribution in [0.5, 0.6) is 0 Å². The Morgan fingerprint density at radius 1 is 0.679 bits per heavy atom. The van der Waals surface area contributed by atoms with Gasteiger partial charge in [-0.3, -0.25) is 0 Å². The van der Waals surface area contributed by atoms with E-state index in [1.165, 1.54) is 49.9 Å². The van der Waals surface area contributed by atoms with Crippen LogP contribution in [0.2, 0.25) is 0 Å². The molecule has 5 aromatic rings. The van der Waals surface area contributed by atoms with Gasteiger partial charge in [-0.2, -0.15) is 0 Å². The number of allylic oxidation sites excluding steroid dienone is 14. The normalized spacial score (nSPS) is 17.0. The summed E-state index contributed by atoms with van der Waals surface area (Å²) in [7, 11) is 0. The maximum absolute atomic E-state index is 5.49. The van der Waals surface area contributed by atoms with Crippen LogP contribution in [-0.4, -0.2) is 9.97 Å². The molecule has 2 heteroatoms. The van der Waals surface area contributed by atoms with Crippen LogP contribution in [0, 0.1) is 13.8 Å². The molecule has 0 N–H and O–H groups in total. The van der Waals surface area contributed by atoms with Gasteiger partial charge in [-0.25, -0.2) is 9.97 Å². The Morgan fingerprint density at radius 2 is 1.46 bits per heavy atom. The van der Waals surface area contributed by atoms with Crippen LogP contribution in [-0.2, 0) is 12.8 Å². The third-order valence-corrected chi connectivity index (χ3v) is 11.1. The molecular formula is C54H48N2. The van der Waals surface area contributed by atoms with Crippen LogP contribution >= 0.6 is 0 Å². The number of aromatic nitrogens is 2. The van der Waals surface area contributed by atoms with Crippen molar-refractivity contribution in [3.8, 4) is 11.3 Å². The quantitative estimate of drug-likeness (QED) is 0.163. The number of benzene rings is 3. The summed E-state index contributed by atoms with van der Waals surface area (Å²) in [6.45, 7) is 13.6. The molecule has 3 aromatic carbocycles. The average Bonchev–Trinajstić information content (AvgIpc) is 3.23. The SMILES string of the molecule is C=C(/C=C\C(=C)c1cccc2c(cc3ccc4ccccc4c3n1)C=CCC2)/C1=C/c2c(C3=CCCC=C3)nc(-c3ccccc3C)c(C)c2C/C=C\C=C/C1. The Morgan fingerprint density at radius 3 is 2.32 bits per heavy atom. The Labute approximate surface area is 332 Å². The molecular weight excluding hydrogens is 677 g/mol. The fraction of sp³-hybridized carbons (Fsp3) is 0.148. The molecule has 2 aromatic heterocycles. The molecule has 0 atom stereocenters. The number of hydrogen-bond donors (Lipinski definition) is 0. The van der Waals surface area contributed by atoms with E-state index < -0.39 is 0 Å². The Kier molecular flexibility index (Phi) is 10.8. The van der Waals surface area contributed by atoms with E-state index in [2.05, 4.69) is 185 Å². The lowest BCUT2D eigenvalue weighted by Gasteiger charge is -2.21. The van der Waals surface area contributed by atoms with Crippen LogP contribution in [0.3, 0.4) is 0 Å². The van der Waals surface area contributed by atoms with Crippen molar-refractivity contribution in [3.63, 3.8) is 0 Å². The average molecular weight is 725 g/mol. The van der Waals surface area contributed by atoms with E-state index in [9.17, 15) is 0 Å². The second-order valence-corrected chi connectivity index (χ2v) is 14.9. The van der Waals surface area contributed by atoms with E-state index in [4.69, 9.17) is 9.97 Å². The van der Waals surface area contributed by atoms with Gasteiger partial charge in [-0.05, 0) is 126 Å². The summed E-state index contributed by atoms with van der Waals surface area (Å²) in [5.74, 6) is 0. The van der Waals surface area contributed by atoms with E-state index >= 15 is 0 Å². The second-order valence-electron chi connectivity index (χ2n) is 14.9. The minimum atomic E-state index is 0.739. The molecule has 2 nitrogen and oxygen atoms in total. The van der Waals surface area contributed by atoms with Crippen molar-refractivity contribution in [2.24, 2.45) is 0 Å². The van der Waals surface area contributed by atoms with E-state index in [0.29, 0.717) is 0 Å². The van der Waals surface area contributed by atoms with Crippen molar-refractivity contribution in [3.05, 3.63) is 215 Å². The standard InChI is InChI=1S/C54H48N2/c1-37(31-32-39(3)51-30-18-26-41-20-13-14-25-45(41)35-46-34-33-42-21-15-17-29-49(42)54(46)55-51)44-24-8-5-6-11-28-48-40(4)52(47-27-16-12-19-38(47)2)56-53(50(48)36-44)43-22-9-7-10-23-43/h5-6,8-9,11-12,14-19,21-23,25-27,29-36H,1,3,7,10,13,20,24,28H2,2,4H3/b8-5-,11-6-,26-18?,30-18?,32-31-,41-26?,44-36+,45-35?,46-35?,51-30?,55-51?,55-54?. The van der Waals surface area contributed by atoms with Gasteiger partial charge in [0.1, 0.15) is 0 Å². The van der Waals surface area contributed by atoms with Gasteiger partial charge in [0.15, 0.2) is 0 Å². The molecule has 274 valence electrons. The molecule has 0 saturated heterocycles. The Bertz CT molecular complexity index is 2690. The molecule has 3 aliphatic carbocycles. The molecule has 0 saturated carbocycles. The smallest absolute Gasteiger partial charge is 0.0788 e. The number of rotatable bonds is 6. The maximum Gasteiger partial charge on any atom is 0.0788 e. The highest BCUT2D eigenvalue weighted by atomic mass is 14.7. The first kappa shape index (κ1) is 36.6. The van der Waals surface area contributed by atoms with Crippen molar-refractivity contribution in [1.82, 2.24) is 9.97 Å². The molecule has 0 spiro atoms. The number of fused-ring (bicyclic) bond motifs is 5. The lowest BCUT2D eigenvalue weighted by atomic mass is 9.87. The molecule has 0 bridgehead atoms. The van der Waals surface area contributed by atoms with Crippen LogP contribution in [0.25, 0.3) is 56.2 Å². The number of hydrogen-bond acceptors (Lipinski definition) is 2. The minimum absolute atomic E-state index is 0.739. The molecule has 0 fully saturated rings. The van der Waals surface area contributed by atoms with Gasteiger partial charge in [0.25, 0.3) is 0 Å². The van der Waals surface area contributed by atoms with Crippen molar-refractivity contribution in [2.45, 2.75) is 52.4 Å². The van der Waals surface area contributed by atoms with Gasteiger partial charge in [0, 0.05) is 21.9 Å². The monoisotopic (exact) mass is 724 g/mol. The molecule has 0 unspecified atom stereocenters. The largest absolute Gasteiger partial charge is 0.247 e. The first-order valence-electron chi connectivity index (χ1n) is 19.9. The van der Waals surface area contributed by atoms with Gasteiger partial charge in [-0.15, -0.1) is 0 Å². The molecule has 56 heavy (non-hydrogen) atoms. The first-order chi connectivity index (χ1) is 27.4. The second kappa shape index (κ2) is 16.6. The summed E-state index contributed by atoms with van der Waals surface area (Å²) in [6, 6.07) is 30.2. The zero-order valence-corrected chi connectivity index (χ0v) is 32.6. The summed E-state index contributed by atoms with van der Waals surface area (Å²) in [4.78, 5) is 10.8. The summed E-state index contributed by atoms with van der Waals surface area (Å²) in [5.41, 5.74) is 16.6. The van der Waals surface area contributed by atoms with E-state index in [1.807, 2.05) is 0 Å². The fourth-order valence-electron chi connectivity index (χ4n) is 7.95. The van der Waals surface area contributed by atoms with Crippen LogP contribution in [0.4, 0.5) is 0 Å². The molecule has 0 amide bonds. The highest BCUT2D eigenvalue weighted by molar-refractivity contribution is 6.05. The third-order valence-electron chi connectivity index (χ3n) is 11.1. The Balaban J connectivity index is 1.23. The molecule has 8 rings (SSSR count). The zero-order chi connectivity index (χ0) is 38.4. The fourth-order valence-corrected chi connectivity index (χ4v) is 7.95. The maximum atomic E-state index is 5.49. The molecule has 3 aliphatic rings. The number of pyridine rings is 1. The Hall–Kier alpha value is -6.38. The van der Waals surface area contributed by atoms with Crippen LogP contribution < -0.4 is 0 Å². The van der Waals surface area contributed by atoms with Crippen molar-refractivity contribution in [1.29, 1.82) is 0 Å². The van der Waals surface area contributed by atoms with Gasteiger partial charge >= 0.3 is 0 Å². The summed E-state index contributed by atoms with van der Waals surface area (Å²) in [6.07, 6.45) is 32.4. The van der Waals surface area contributed by atoms with E-state index in [1.54, 1.807) is 0 Å². The van der Waals surface area contributed by atoms with E-state index in [0.717, 1.165) is 88.6 Å². The predicted molar refractivity (Wildman–Crippen MR) is 242 cm³/mol. The van der Waals surface area contributed by atoms with E-state index in [-0.39, 0.29) is 0 Å². The topological polar surface area (TPSA) is 25.8 Å². The van der Waals surface area contributed by atoms with Crippen molar-refractivity contribution < 1.29 is 0 Å². The van der Waals surface area contributed by atoms with Gasteiger partial charge in [0.2, 0.25) is 0 Å².